The molecular weight excluding hydrogens is 500 g/mol. The lowest BCUT2D eigenvalue weighted by molar-refractivity contribution is -0.121. The maximum atomic E-state index is 12.8. The van der Waals surface area contributed by atoms with E-state index in [1.54, 1.807) is 29.2 Å². The topological polar surface area (TPSA) is 138 Å². The molecule has 0 atom stereocenters. The van der Waals surface area contributed by atoms with Crippen LogP contribution in [0.15, 0.2) is 41.3 Å². The van der Waals surface area contributed by atoms with Gasteiger partial charge in [0.1, 0.15) is 16.8 Å². The highest BCUT2D eigenvalue weighted by molar-refractivity contribution is 6.30. The van der Waals surface area contributed by atoms with E-state index in [-0.39, 0.29) is 35.2 Å². The van der Waals surface area contributed by atoms with Gasteiger partial charge in [0.2, 0.25) is 5.91 Å². The van der Waals surface area contributed by atoms with Gasteiger partial charge in [-0.3, -0.25) is 25.2 Å². The number of H-pyrrole nitrogens is 1. The predicted molar refractivity (Wildman–Crippen MR) is 136 cm³/mol. The number of hydrogen-bond acceptors (Lipinski definition) is 6. The van der Waals surface area contributed by atoms with Crippen LogP contribution in [0.1, 0.15) is 61.1 Å². The molecule has 0 radical (unpaired) electrons. The number of hydrogen-bond donors (Lipinski definition) is 3. The van der Waals surface area contributed by atoms with Crippen LogP contribution in [0.3, 0.4) is 0 Å². The lowest BCUT2D eigenvalue weighted by atomic mass is 9.93. The fraction of sp³-hybridized carbons (Fsp3) is 0.400. The van der Waals surface area contributed by atoms with Crippen molar-refractivity contribution in [2.75, 3.05) is 13.1 Å². The number of aromatic amines is 1. The van der Waals surface area contributed by atoms with Crippen molar-refractivity contribution in [2.45, 2.75) is 51.6 Å². The Kier molecular flexibility index (Phi) is 7.53. The number of carbonyl (C=O) groups excluding carboxylic acids is 3. The van der Waals surface area contributed by atoms with E-state index >= 15 is 0 Å². The third kappa shape index (κ3) is 6.48. The quantitative estimate of drug-likeness (QED) is 0.445. The number of benzene rings is 1. The number of aromatic nitrogens is 3. The molecule has 1 aromatic carbocycles. The van der Waals surface area contributed by atoms with E-state index in [1.165, 1.54) is 16.8 Å². The molecular formula is C25H29ClN6O5. The number of amides is 3. The molecule has 3 aromatic rings. The maximum absolute atomic E-state index is 12.8. The van der Waals surface area contributed by atoms with Crippen molar-refractivity contribution in [1.29, 1.82) is 0 Å². The highest BCUT2D eigenvalue weighted by atomic mass is 35.5. The molecule has 0 aliphatic carbocycles. The second-order valence-corrected chi connectivity index (χ2v) is 10.4. The molecule has 0 unspecified atom stereocenters. The first-order chi connectivity index (χ1) is 17.5. The van der Waals surface area contributed by atoms with Gasteiger partial charge in [0.05, 0.1) is 18.3 Å². The molecule has 1 aliphatic rings. The minimum Gasteiger partial charge on any atom is -0.444 e. The largest absolute Gasteiger partial charge is 0.444 e. The van der Waals surface area contributed by atoms with Gasteiger partial charge in [0, 0.05) is 30.1 Å². The molecule has 1 saturated heterocycles. The zero-order valence-corrected chi connectivity index (χ0v) is 21.6. The standard InChI is InChI=1S/C25H29ClN6O5/c1-25(2,3)37-24(36)31-10-8-16(9-11-31)19-13-20(33)28-22-18(14-27-32(19)22)23(35)30-29-21(34)12-15-4-6-17(26)7-5-15/h4-7,13-14,16H,8-12H2,1-3H3,(H,28,33)(H,29,34)(H,30,35). The Bertz CT molecular complexity index is 1370. The van der Waals surface area contributed by atoms with Gasteiger partial charge >= 0.3 is 6.09 Å². The van der Waals surface area contributed by atoms with Gasteiger partial charge in [-0.2, -0.15) is 5.10 Å². The number of nitrogens with zero attached hydrogens (tertiary/aromatic N) is 3. The molecule has 1 fully saturated rings. The van der Waals surface area contributed by atoms with Crippen LogP contribution in [-0.4, -0.2) is 56.1 Å². The first kappa shape index (κ1) is 26.2. The highest BCUT2D eigenvalue weighted by Crippen LogP contribution is 2.28. The fourth-order valence-electron chi connectivity index (χ4n) is 4.18. The molecule has 0 saturated carbocycles. The minimum atomic E-state index is -0.619. The number of nitrogens with one attached hydrogen (secondary N) is 3. The number of halogens is 1. The highest BCUT2D eigenvalue weighted by Gasteiger charge is 2.29. The van der Waals surface area contributed by atoms with E-state index in [4.69, 9.17) is 16.3 Å². The number of piperidine rings is 1. The third-order valence-electron chi connectivity index (χ3n) is 5.94. The first-order valence-electron chi connectivity index (χ1n) is 11.9. The summed E-state index contributed by atoms with van der Waals surface area (Å²) in [5.41, 5.74) is 5.50. The van der Waals surface area contributed by atoms with Crippen LogP contribution in [0.2, 0.25) is 5.02 Å². The van der Waals surface area contributed by atoms with Gasteiger partial charge in [-0.25, -0.2) is 9.31 Å². The number of likely N-dealkylation sites (tertiary alicyclic amines) is 1. The van der Waals surface area contributed by atoms with Crippen molar-refractivity contribution in [1.82, 2.24) is 30.3 Å². The zero-order chi connectivity index (χ0) is 26.7. The normalized spacial score (nSPS) is 14.4. The molecule has 12 heteroatoms. The lowest BCUT2D eigenvalue weighted by Gasteiger charge is -2.33. The molecule has 0 spiro atoms. The number of ether oxygens (including phenoxy) is 1. The summed E-state index contributed by atoms with van der Waals surface area (Å²) < 4.78 is 6.98. The summed E-state index contributed by atoms with van der Waals surface area (Å²) in [7, 11) is 0. The van der Waals surface area contributed by atoms with Crippen LogP contribution in [0.4, 0.5) is 4.79 Å². The van der Waals surface area contributed by atoms with E-state index < -0.39 is 17.4 Å². The second-order valence-electron chi connectivity index (χ2n) is 9.92. The van der Waals surface area contributed by atoms with Gasteiger partial charge in [0.15, 0.2) is 0 Å². The van der Waals surface area contributed by atoms with E-state index in [9.17, 15) is 19.2 Å². The van der Waals surface area contributed by atoms with Crippen LogP contribution in [-0.2, 0) is 16.0 Å². The van der Waals surface area contributed by atoms with Crippen molar-refractivity contribution in [2.24, 2.45) is 0 Å². The van der Waals surface area contributed by atoms with Crippen molar-refractivity contribution in [3.05, 3.63) is 68.7 Å². The van der Waals surface area contributed by atoms with E-state index in [1.807, 2.05) is 20.8 Å². The molecule has 3 N–H and O–H groups in total. The second kappa shape index (κ2) is 10.6. The van der Waals surface area contributed by atoms with Crippen LogP contribution in [0, 0.1) is 0 Å². The Morgan fingerprint density at radius 3 is 2.46 bits per heavy atom. The van der Waals surface area contributed by atoms with Crippen LogP contribution < -0.4 is 16.4 Å². The van der Waals surface area contributed by atoms with Crippen LogP contribution in [0.25, 0.3) is 5.65 Å². The maximum Gasteiger partial charge on any atom is 0.410 e. The monoisotopic (exact) mass is 528 g/mol. The summed E-state index contributed by atoms with van der Waals surface area (Å²) in [6, 6.07) is 8.26. The molecule has 11 nitrogen and oxygen atoms in total. The summed E-state index contributed by atoms with van der Waals surface area (Å²) in [6.07, 6.45) is 2.25. The Morgan fingerprint density at radius 1 is 1.14 bits per heavy atom. The summed E-state index contributed by atoms with van der Waals surface area (Å²) in [6.45, 7) is 6.41. The summed E-state index contributed by atoms with van der Waals surface area (Å²) in [4.78, 5) is 54.1. The summed E-state index contributed by atoms with van der Waals surface area (Å²) in [5.74, 6) is -1.08. The van der Waals surface area contributed by atoms with Crippen LogP contribution >= 0.6 is 11.6 Å². The minimum absolute atomic E-state index is 0.0432. The Hall–Kier alpha value is -3.86. The molecule has 3 heterocycles. The molecule has 2 aromatic heterocycles. The Morgan fingerprint density at radius 2 is 1.81 bits per heavy atom. The lowest BCUT2D eigenvalue weighted by Crippen LogP contribution is -2.42. The van der Waals surface area contributed by atoms with Crippen LogP contribution in [0.5, 0.6) is 0 Å². The van der Waals surface area contributed by atoms with Gasteiger partial charge in [-0.05, 0) is 51.3 Å². The van der Waals surface area contributed by atoms with Gasteiger partial charge in [-0.15, -0.1) is 0 Å². The van der Waals surface area contributed by atoms with Gasteiger partial charge in [-0.1, -0.05) is 23.7 Å². The smallest absolute Gasteiger partial charge is 0.410 e. The third-order valence-corrected chi connectivity index (χ3v) is 6.19. The van der Waals surface area contributed by atoms with Crippen molar-refractivity contribution < 1.29 is 19.1 Å². The van der Waals surface area contributed by atoms with E-state index in [2.05, 4.69) is 20.9 Å². The molecule has 196 valence electrons. The number of fused-ring (bicyclic) bond motifs is 1. The fourth-order valence-corrected chi connectivity index (χ4v) is 4.31. The average Bonchev–Trinajstić information content (AvgIpc) is 3.26. The SMILES string of the molecule is CC(C)(C)OC(=O)N1CCC(c2cc(=O)[nH]c3c(C(=O)NNC(=O)Cc4ccc(Cl)cc4)cnn23)CC1. The summed E-state index contributed by atoms with van der Waals surface area (Å²) in [5, 5.41) is 4.88. The zero-order valence-electron chi connectivity index (χ0n) is 20.8. The number of hydrazine groups is 1. The number of rotatable bonds is 4. The van der Waals surface area contributed by atoms with Crippen molar-refractivity contribution in [3.8, 4) is 0 Å². The number of carbonyl (C=O) groups is 3. The Balaban J connectivity index is 1.42. The van der Waals surface area contributed by atoms with Crippen molar-refractivity contribution >= 4 is 35.2 Å². The van der Waals surface area contributed by atoms with Gasteiger partial charge in [0.25, 0.3) is 11.5 Å². The molecule has 37 heavy (non-hydrogen) atoms. The first-order valence-corrected chi connectivity index (χ1v) is 12.3. The molecule has 0 bridgehead atoms. The van der Waals surface area contributed by atoms with E-state index in [0.717, 1.165) is 5.56 Å². The van der Waals surface area contributed by atoms with Crippen molar-refractivity contribution in [3.63, 3.8) is 0 Å². The average molecular weight is 529 g/mol. The predicted octanol–water partition coefficient (Wildman–Crippen LogP) is 2.79. The molecule has 3 amide bonds. The molecule has 1 aliphatic heterocycles. The molecule has 4 rings (SSSR count). The van der Waals surface area contributed by atoms with Gasteiger partial charge < -0.3 is 14.6 Å². The van der Waals surface area contributed by atoms with E-state index in [0.29, 0.717) is 36.6 Å². The Labute approximate surface area is 218 Å². The summed E-state index contributed by atoms with van der Waals surface area (Å²) >= 11 is 5.86.